The van der Waals surface area contributed by atoms with Crippen molar-refractivity contribution in [2.45, 2.75) is 59.0 Å². The van der Waals surface area contributed by atoms with E-state index in [4.69, 9.17) is 4.74 Å². The monoisotopic (exact) mass is 318 g/mol. The van der Waals surface area contributed by atoms with Crippen LogP contribution in [0.3, 0.4) is 0 Å². The van der Waals surface area contributed by atoms with Crippen LogP contribution in [0, 0.1) is 19.8 Å². The fourth-order valence-corrected chi connectivity index (χ4v) is 2.79. The third-order valence-corrected chi connectivity index (χ3v) is 4.51. The molecule has 1 aromatic rings. The van der Waals surface area contributed by atoms with Crippen LogP contribution in [0.2, 0.25) is 0 Å². The Hall–Kier alpha value is -2.04. The molecule has 0 radical (unpaired) electrons. The van der Waals surface area contributed by atoms with Crippen molar-refractivity contribution in [3.05, 3.63) is 29.3 Å². The highest BCUT2D eigenvalue weighted by Gasteiger charge is 2.22. The largest absolute Gasteiger partial charge is 0.481 e. The Morgan fingerprint density at radius 2 is 1.83 bits per heavy atom. The predicted octanol–water partition coefficient (Wildman–Crippen LogP) is 2.80. The number of carbonyl (C=O) groups excluding carboxylic acids is 2. The maximum absolute atomic E-state index is 12.1. The normalized spacial score (nSPS) is 16.5. The van der Waals surface area contributed by atoms with Crippen molar-refractivity contribution in [2.75, 3.05) is 0 Å². The maximum Gasteiger partial charge on any atom is 0.279 e. The van der Waals surface area contributed by atoms with Crippen LogP contribution in [0.25, 0.3) is 0 Å². The van der Waals surface area contributed by atoms with Gasteiger partial charge in [0, 0.05) is 5.92 Å². The minimum Gasteiger partial charge on any atom is -0.481 e. The second-order valence-electron chi connectivity index (χ2n) is 6.27. The smallest absolute Gasteiger partial charge is 0.279 e. The number of rotatable bonds is 4. The molecule has 2 rings (SSSR count). The summed E-state index contributed by atoms with van der Waals surface area (Å²) in [4.78, 5) is 24.1. The first kappa shape index (κ1) is 17.3. The Bertz CT molecular complexity index is 565. The number of carbonyl (C=O) groups is 2. The van der Waals surface area contributed by atoms with E-state index in [1.54, 1.807) is 6.92 Å². The minimum absolute atomic E-state index is 0.0132. The molecule has 5 nitrogen and oxygen atoms in total. The molecular weight excluding hydrogens is 292 g/mol. The number of hydrazine groups is 1. The number of amides is 2. The summed E-state index contributed by atoms with van der Waals surface area (Å²) in [6.07, 6.45) is 4.47. The summed E-state index contributed by atoms with van der Waals surface area (Å²) in [7, 11) is 0. The zero-order valence-corrected chi connectivity index (χ0v) is 14.1. The number of aryl methyl sites for hydroxylation is 1. The molecule has 0 saturated heterocycles. The Balaban J connectivity index is 1.82. The zero-order chi connectivity index (χ0) is 16.8. The lowest BCUT2D eigenvalue weighted by molar-refractivity contribution is -0.134. The van der Waals surface area contributed by atoms with Crippen LogP contribution >= 0.6 is 0 Å². The number of hydrogen-bond acceptors (Lipinski definition) is 3. The highest BCUT2D eigenvalue weighted by atomic mass is 16.5. The van der Waals surface area contributed by atoms with Crippen molar-refractivity contribution in [3.8, 4) is 5.75 Å². The second kappa shape index (κ2) is 7.99. The molecule has 0 heterocycles. The van der Waals surface area contributed by atoms with Gasteiger partial charge in [-0.15, -0.1) is 0 Å². The van der Waals surface area contributed by atoms with Crippen molar-refractivity contribution < 1.29 is 14.3 Å². The molecule has 0 aromatic heterocycles. The fourth-order valence-electron chi connectivity index (χ4n) is 2.79. The molecule has 1 fully saturated rings. The molecule has 2 N–H and O–H groups in total. The Morgan fingerprint density at radius 3 is 2.52 bits per heavy atom. The van der Waals surface area contributed by atoms with E-state index in [0.717, 1.165) is 36.8 Å². The van der Waals surface area contributed by atoms with Crippen LogP contribution < -0.4 is 15.6 Å². The molecule has 5 heteroatoms. The summed E-state index contributed by atoms with van der Waals surface area (Å²) in [5.41, 5.74) is 7.12. The number of ether oxygens (including phenoxy) is 1. The van der Waals surface area contributed by atoms with Gasteiger partial charge in [-0.25, -0.2) is 0 Å². The van der Waals surface area contributed by atoms with Gasteiger partial charge in [0.25, 0.3) is 5.91 Å². The average molecular weight is 318 g/mol. The first-order chi connectivity index (χ1) is 11.0. The van der Waals surface area contributed by atoms with Crippen molar-refractivity contribution >= 4 is 11.8 Å². The lowest BCUT2D eigenvalue weighted by atomic mass is 9.89. The van der Waals surface area contributed by atoms with Crippen LogP contribution in [0.4, 0.5) is 0 Å². The lowest BCUT2D eigenvalue weighted by Gasteiger charge is -2.22. The molecule has 2 amide bonds. The third-order valence-electron chi connectivity index (χ3n) is 4.51. The second-order valence-corrected chi connectivity index (χ2v) is 6.27. The van der Waals surface area contributed by atoms with Gasteiger partial charge in [0.05, 0.1) is 0 Å². The number of nitrogens with one attached hydrogen (secondary N) is 2. The molecule has 1 aliphatic carbocycles. The molecule has 23 heavy (non-hydrogen) atoms. The summed E-state index contributed by atoms with van der Waals surface area (Å²) in [6.45, 7) is 5.63. The van der Waals surface area contributed by atoms with Gasteiger partial charge >= 0.3 is 0 Å². The number of benzene rings is 1. The zero-order valence-electron chi connectivity index (χ0n) is 14.1. The summed E-state index contributed by atoms with van der Waals surface area (Å²) in [5.74, 6) is 0.248. The van der Waals surface area contributed by atoms with Crippen LogP contribution in [0.5, 0.6) is 5.75 Å². The molecule has 0 aliphatic heterocycles. The molecule has 126 valence electrons. The van der Waals surface area contributed by atoms with Gasteiger partial charge in [0.15, 0.2) is 6.10 Å². The molecule has 0 spiro atoms. The van der Waals surface area contributed by atoms with Gasteiger partial charge in [-0.1, -0.05) is 31.4 Å². The fraction of sp³-hybridized carbons (Fsp3) is 0.556. The van der Waals surface area contributed by atoms with E-state index in [1.807, 2.05) is 32.0 Å². The van der Waals surface area contributed by atoms with Gasteiger partial charge in [-0.05, 0) is 50.8 Å². The highest BCUT2D eigenvalue weighted by Crippen LogP contribution is 2.23. The molecule has 1 atom stereocenters. The Kier molecular flexibility index (Phi) is 6.02. The Morgan fingerprint density at radius 1 is 1.13 bits per heavy atom. The van der Waals surface area contributed by atoms with E-state index in [9.17, 15) is 9.59 Å². The first-order valence-electron chi connectivity index (χ1n) is 8.31. The standard InChI is InChI=1S/C18H26N2O3/c1-12-8-7-11-16(13(12)2)23-14(3)17(21)19-20-18(22)15-9-5-4-6-10-15/h7-8,11,14-15H,4-6,9-10H2,1-3H3,(H,19,21)(H,20,22). The highest BCUT2D eigenvalue weighted by molar-refractivity contribution is 5.85. The van der Waals surface area contributed by atoms with Crippen LogP contribution in [0.1, 0.15) is 50.2 Å². The SMILES string of the molecule is Cc1cccc(OC(C)C(=O)NNC(=O)C2CCCCC2)c1C. The van der Waals surface area contributed by atoms with Gasteiger partial charge < -0.3 is 4.74 Å². The van der Waals surface area contributed by atoms with E-state index in [2.05, 4.69) is 10.9 Å². The van der Waals surface area contributed by atoms with E-state index < -0.39 is 6.10 Å². The maximum atomic E-state index is 12.1. The van der Waals surface area contributed by atoms with Gasteiger partial charge in [-0.3, -0.25) is 20.4 Å². The van der Waals surface area contributed by atoms with Gasteiger partial charge in [0.2, 0.25) is 5.91 Å². The van der Waals surface area contributed by atoms with Crippen molar-refractivity contribution in [1.29, 1.82) is 0 Å². The summed E-state index contributed by atoms with van der Waals surface area (Å²) in [6, 6.07) is 5.73. The summed E-state index contributed by atoms with van der Waals surface area (Å²) >= 11 is 0. The van der Waals surface area contributed by atoms with Gasteiger partial charge in [0.1, 0.15) is 5.75 Å². The molecule has 1 unspecified atom stereocenters. The molecular formula is C18H26N2O3. The van der Waals surface area contributed by atoms with Crippen molar-refractivity contribution in [1.82, 2.24) is 10.9 Å². The minimum atomic E-state index is -0.679. The molecule has 1 saturated carbocycles. The topological polar surface area (TPSA) is 67.4 Å². The van der Waals surface area contributed by atoms with E-state index in [0.29, 0.717) is 5.75 Å². The van der Waals surface area contributed by atoms with Crippen LogP contribution in [0.15, 0.2) is 18.2 Å². The lowest BCUT2D eigenvalue weighted by Crippen LogP contribution is -2.49. The average Bonchev–Trinajstić information content (AvgIpc) is 2.57. The van der Waals surface area contributed by atoms with E-state index >= 15 is 0 Å². The molecule has 1 aliphatic rings. The predicted molar refractivity (Wildman–Crippen MR) is 88.9 cm³/mol. The summed E-state index contributed by atoms with van der Waals surface area (Å²) < 4.78 is 5.70. The summed E-state index contributed by atoms with van der Waals surface area (Å²) in [5, 5.41) is 0. The quantitative estimate of drug-likeness (QED) is 0.839. The van der Waals surface area contributed by atoms with Gasteiger partial charge in [-0.2, -0.15) is 0 Å². The first-order valence-corrected chi connectivity index (χ1v) is 8.31. The molecule has 0 bridgehead atoms. The number of hydrogen-bond donors (Lipinski definition) is 2. The van der Waals surface area contributed by atoms with Crippen molar-refractivity contribution in [3.63, 3.8) is 0 Å². The van der Waals surface area contributed by atoms with Crippen molar-refractivity contribution in [2.24, 2.45) is 5.92 Å². The van der Waals surface area contributed by atoms with Crippen LogP contribution in [-0.2, 0) is 9.59 Å². The third kappa shape index (κ3) is 4.71. The Labute approximate surface area is 137 Å². The van der Waals surface area contributed by atoms with Crippen LogP contribution in [-0.4, -0.2) is 17.9 Å². The van der Waals surface area contributed by atoms with E-state index in [1.165, 1.54) is 6.42 Å². The molecule has 1 aromatic carbocycles. The van der Waals surface area contributed by atoms with E-state index in [-0.39, 0.29) is 17.7 Å².